The molecule has 0 saturated carbocycles. The number of alkyl halides is 3. The zero-order valence-electron chi connectivity index (χ0n) is 15.4. The lowest BCUT2D eigenvalue weighted by Gasteiger charge is -2.32. The molecule has 1 saturated heterocycles. The number of hydrogen-bond donors (Lipinski definition) is 0. The minimum atomic E-state index is -4.44. The lowest BCUT2D eigenvalue weighted by molar-refractivity contribution is -0.137. The fourth-order valence-electron chi connectivity index (χ4n) is 3.66. The molecule has 1 aromatic carbocycles. The molecule has 3 heterocycles. The van der Waals surface area contributed by atoms with E-state index in [1.165, 1.54) is 10.5 Å². The van der Waals surface area contributed by atoms with Crippen molar-refractivity contribution in [1.82, 2.24) is 19.5 Å². The lowest BCUT2D eigenvalue weighted by atomic mass is 9.96. The fraction of sp³-hybridized carbons (Fsp3) is 0.350. The summed E-state index contributed by atoms with van der Waals surface area (Å²) in [6.45, 7) is 1.02. The van der Waals surface area contributed by atoms with Crippen molar-refractivity contribution in [1.29, 1.82) is 0 Å². The number of likely N-dealkylation sites (tertiary alicyclic amines) is 1. The fourth-order valence-corrected chi connectivity index (χ4v) is 3.78. The first-order valence-electron chi connectivity index (χ1n) is 9.25. The summed E-state index contributed by atoms with van der Waals surface area (Å²) in [7, 11) is 0. The van der Waals surface area contributed by atoms with Crippen molar-refractivity contribution < 1.29 is 18.0 Å². The predicted octanol–water partition coefficient (Wildman–Crippen LogP) is 4.35. The molecule has 1 amide bonds. The number of halogens is 4. The van der Waals surface area contributed by atoms with Gasteiger partial charge in [-0.2, -0.15) is 13.2 Å². The zero-order chi connectivity index (χ0) is 20.6. The Bertz CT molecular complexity index is 1030. The average Bonchev–Trinajstić information content (AvgIpc) is 3.12. The van der Waals surface area contributed by atoms with Gasteiger partial charge in [-0.3, -0.25) is 9.20 Å². The number of pyridine rings is 1. The zero-order valence-corrected chi connectivity index (χ0v) is 16.1. The average molecular weight is 423 g/mol. The number of fused-ring (bicyclic) bond motifs is 1. The topological polar surface area (TPSA) is 50.5 Å². The Balaban J connectivity index is 1.53. The van der Waals surface area contributed by atoms with E-state index >= 15 is 0 Å². The number of piperidine rings is 1. The van der Waals surface area contributed by atoms with Crippen molar-refractivity contribution in [2.75, 3.05) is 13.1 Å². The van der Waals surface area contributed by atoms with Crippen LogP contribution < -0.4 is 0 Å². The van der Waals surface area contributed by atoms with E-state index in [1.807, 2.05) is 12.1 Å². The number of carbonyl (C=O) groups is 1. The third kappa shape index (κ3) is 4.22. The second-order valence-electron chi connectivity index (χ2n) is 7.18. The Morgan fingerprint density at radius 3 is 2.62 bits per heavy atom. The highest BCUT2D eigenvalue weighted by Gasteiger charge is 2.32. The van der Waals surface area contributed by atoms with E-state index in [0.717, 1.165) is 30.7 Å². The molecule has 4 rings (SSSR count). The molecule has 1 aliphatic rings. The van der Waals surface area contributed by atoms with Gasteiger partial charge >= 0.3 is 6.18 Å². The smallest absolute Gasteiger partial charge is 0.342 e. The van der Waals surface area contributed by atoms with Gasteiger partial charge in [0.2, 0.25) is 5.91 Å². The summed E-state index contributed by atoms with van der Waals surface area (Å²) in [5, 5.41) is 8.72. The SMILES string of the molecule is O=C(Cc1ccc(Cl)cc1)N1CCCC(c2nnc3ccc(C(F)(F)F)cn23)C1. The van der Waals surface area contributed by atoms with Crippen molar-refractivity contribution in [3.05, 3.63) is 64.6 Å². The van der Waals surface area contributed by atoms with Crippen LogP contribution in [0.25, 0.3) is 5.65 Å². The van der Waals surface area contributed by atoms with Crippen molar-refractivity contribution in [2.45, 2.75) is 31.4 Å². The summed E-state index contributed by atoms with van der Waals surface area (Å²) in [5.74, 6) is 0.258. The Hall–Kier alpha value is -2.61. The molecule has 1 atom stereocenters. The van der Waals surface area contributed by atoms with Crippen molar-refractivity contribution >= 4 is 23.2 Å². The lowest BCUT2D eigenvalue weighted by Crippen LogP contribution is -2.40. The van der Waals surface area contributed by atoms with Gasteiger partial charge in [-0.1, -0.05) is 23.7 Å². The highest BCUT2D eigenvalue weighted by molar-refractivity contribution is 6.30. The summed E-state index contributed by atoms with van der Waals surface area (Å²) < 4.78 is 40.6. The molecule has 1 unspecified atom stereocenters. The van der Waals surface area contributed by atoms with Crippen LogP contribution in [-0.4, -0.2) is 38.5 Å². The monoisotopic (exact) mass is 422 g/mol. The molecule has 152 valence electrons. The van der Waals surface area contributed by atoms with E-state index < -0.39 is 11.7 Å². The summed E-state index contributed by atoms with van der Waals surface area (Å²) in [6.07, 6.45) is -1.67. The molecule has 0 radical (unpaired) electrons. The number of carbonyl (C=O) groups excluding carboxylic acids is 1. The van der Waals surface area contributed by atoms with E-state index in [1.54, 1.807) is 17.0 Å². The van der Waals surface area contributed by atoms with Crippen molar-refractivity contribution in [2.24, 2.45) is 0 Å². The summed E-state index contributed by atoms with van der Waals surface area (Å²) in [5.41, 5.74) is 0.472. The second kappa shape index (κ2) is 7.67. The maximum atomic E-state index is 13.1. The molecular weight excluding hydrogens is 405 g/mol. The molecular formula is C20H18ClF3N4O. The third-order valence-electron chi connectivity index (χ3n) is 5.16. The van der Waals surface area contributed by atoms with Crippen LogP contribution in [0.1, 0.15) is 35.7 Å². The van der Waals surface area contributed by atoms with Crippen LogP contribution in [0.3, 0.4) is 0 Å². The number of hydrogen-bond acceptors (Lipinski definition) is 3. The van der Waals surface area contributed by atoms with E-state index in [-0.39, 0.29) is 18.2 Å². The second-order valence-corrected chi connectivity index (χ2v) is 7.62. The molecule has 0 bridgehead atoms. The first-order valence-corrected chi connectivity index (χ1v) is 9.63. The molecule has 1 aliphatic heterocycles. The number of benzene rings is 1. The summed E-state index contributed by atoms with van der Waals surface area (Å²) in [6, 6.07) is 9.41. The molecule has 2 aromatic heterocycles. The highest BCUT2D eigenvalue weighted by Crippen LogP contribution is 2.31. The van der Waals surface area contributed by atoms with Crippen molar-refractivity contribution in [3.63, 3.8) is 0 Å². The van der Waals surface area contributed by atoms with Gasteiger partial charge in [0.25, 0.3) is 0 Å². The molecule has 0 aliphatic carbocycles. The van der Waals surface area contributed by atoms with Crippen LogP contribution in [-0.2, 0) is 17.4 Å². The van der Waals surface area contributed by atoms with Crippen LogP contribution in [0, 0.1) is 0 Å². The van der Waals surface area contributed by atoms with Gasteiger partial charge in [-0.05, 0) is 42.7 Å². The molecule has 0 spiro atoms. The standard InChI is InChI=1S/C20H18ClF3N4O/c21-16-6-3-13(4-7-16)10-18(29)27-9-1-2-14(11-27)19-26-25-17-8-5-15(12-28(17)19)20(22,23)24/h3-8,12,14H,1-2,9-11H2. The Kier molecular flexibility index (Phi) is 5.21. The van der Waals surface area contributed by atoms with Crippen LogP contribution in [0.5, 0.6) is 0 Å². The summed E-state index contributed by atoms with van der Waals surface area (Å²) in [4.78, 5) is 14.5. The minimum Gasteiger partial charge on any atom is -0.342 e. The Morgan fingerprint density at radius 1 is 1.14 bits per heavy atom. The normalized spacial score (nSPS) is 17.7. The number of nitrogens with zero attached hydrogens (tertiary/aromatic N) is 4. The first-order chi connectivity index (χ1) is 13.8. The van der Waals surface area contributed by atoms with Crippen molar-refractivity contribution in [3.8, 4) is 0 Å². The van der Waals surface area contributed by atoms with Crippen LogP contribution in [0.15, 0.2) is 42.6 Å². The van der Waals surface area contributed by atoms with Gasteiger partial charge in [0.1, 0.15) is 5.82 Å². The van der Waals surface area contributed by atoms with E-state index in [9.17, 15) is 18.0 Å². The molecule has 3 aromatic rings. The molecule has 0 N–H and O–H groups in total. The van der Waals surface area contributed by atoms with Gasteiger partial charge in [-0.25, -0.2) is 0 Å². The predicted molar refractivity (Wildman–Crippen MR) is 102 cm³/mol. The Morgan fingerprint density at radius 2 is 1.90 bits per heavy atom. The van der Waals surface area contributed by atoms with Gasteiger partial charge in [0.05, 0.1) is 12.0 Å². The van der Waals surface area contributed by atoms with E-state index in [2.05, 4.69) is 10.2 Å². The van der Waals surface area contributed by atoms with Gasteiger partial charge in [-0.15, -0.1) is 10.2 Å². The Labute approximate surface area is 170 Å². The van der Waals surface area contributed by atoms with Crippen LogP contribution in [0.4, 0.5) is 13.2 Å². The van der Waals surface area contributed by atoms with Gasteiger partial charge in [0.15, 0.2) is 5.65 Å². The maximum absolute atomic E-state index is 13.1. The molecule has 1 fully saturated rings. The molecule has 9 heteroatoms. The maximum Gasteiger partial charge on any atom is 0.417 e. The largest absolute Gasteiger partial charge is 0.417 e. The highest BCUT2D eigenvalue weighted by atomic mass is 35.5. The molecule has 5 nitrogen and oxygen atoms in total. The van der Waals surface area contributed by atoms with Gasteiger partial charge < -0.3 is 4.90 Å². The third-order valence-corrected chi connectivity index (χ3v) is 5.42. The number of rotatable bonds is 3. The van der Waals surface area contributed by atoms with Gasteiger partial charge in [0, 0.05) is 30.2 Å². The van der Waals surface area contributed by atoms with Crippen LogP contribution in [0.2, 0.25) is 5.02 Å². The van der Waals surface area contributed by atoms with E-state index in [4.69, 9.17) is 11.6 Å². The first kappa shape index (κ1) is 19.7. The number of amides is 1. The number of aromatic nitrogens is 3. The van der Waals surface area contributed by atoms with Crippen LogP contribution >= 0.6 is 11.6 Å². The van der Waals surface area contributed by atoms with E-state index in [0.29, 0.717) is 29.6 Å². The molecule has 29 heavy (non-hydrogen) atoms. The summed E-state index contributed by atoms with van der Waals surface area (Å²) >= 11 is 5.88. The minimum absolute atomic E-state index is 0.0261. The quantitative estimate of drug-likeness (QED) is 0.630.